The van der Waals surface area contributed by atoms with E-state index >= 15 is 0 Å². The first-order chi connectivity index (χ1) is 16.5. The summed E-state index contributed by atoms with van der Waals surface area (Å²) < 4.78 is 23.2. The van der Waals surface area contributed by atoms with Crippen molar-refractivity contribution < 1.29 is 29.2 Å². The standard InChI is InChI=1S/C28H32O6/c1-18(2)21-10-7-11-23(16-21)33-27-26(30)25(29)24(34-28(27)31-3)17-32-22-14-12-20(13-15-22)19-8-5-4-6-9-19/h4-16,18,24-30H,17H2,1-3H3/t24-,25-,26+,27-,28+/m1/s1. The second-order valence-electron chi connectivity index (χ2n) is 8.77. The molecule has 3 aromatic carbocycles. The number of hydrogen-bond donors (Lipinski definition) is 2. The van der Waals surface area contributed by atoms with Gasteiger partial charge < -0.3 is 29.2 Å². The van der Waals surface area contributed by atoms with Gasteiger partial charge in [-0.15, -0.1) is 0 Å². The fourth-order valence-corrected chi connectivity index (χ4v) is 4.01. The van der Waals surface area contributed by atoms with Crippen molar-refractivity contribution in [2.45, 2.75) is 50.5 Å². The van der Waals surface area contributed by atoms with Crippen LogP contribution in [-0.4, -0.2) is 54.6 Å². The van der Waals surface area contributed by atoms with Crippen molar-refractivity contribution in [1.82, 2.24) is 0 Å². The molecule has 1 aliphatic rings. The van der Waals surface area contributed by atoms with E-state index in [-0.39, 0.29) is 6.61 Å². The Morgan fingerprint density at radius 2 is 1.53 bits per heavy atom. The lowest BCUT2D eigenvalue weighted by molar-refractivity contribution is -0.287. The highest BCUT2D eigenvalue weighted by atomic mass is 16.7. The molecule has 4 rings (SSSR count). The number of methoxy groups -OCH3 is 1. The summed E-state index contributed by atoms with van der Waals surface area (Å²) in [5.41, 5.74) is 3.32. The quantitative estimate of drug-likeness (QED) is 0.515. The minimum absolute atomic E-state index is 0.0539. The number of benzene rings is 3. The van der Waals surface area contributed by atoms with Gasteiger partial charge in [0, 0.05) is 7.11 Å². The van der Waals surface area contributed by atoms with Gasteiger partial charge in [-0.25, -0.2) is 0 Å². The third-order valence-corrected chi connectivity index (χ3v) is 6.05. The van der Waals surface area contributed by atoms with Crippen molar-refractivity contribution >= 4 is 0 Å². The average Bonchev–Trinajstić information content (AvgIpc) is 2.87. The molecule has 0 aromatic heterocycles. The fraction of sp³-hybridized carbons (Fsp3) is 0.357. The molecule has 2 N–H and O–H groups in total. The zero-order chi connectivity index (χ0) is 24.1. The molecule has 1 fully saturated rings. The highest BCUT2D eigenvalue weighted by molar-refractivity contribution is 5.63. The van der Waals surface area contributed by atoms with Gasteiger partial charge >= 0.3 is 0 Å². The Morgan fingerprint density at radius 1 is 0.824 bits per heavy atom. The summed E-state index contributed by atoms with van der Waals surface area (Å²) in [7, 11) is 1.48. The van der Waals surface area contributed by atoms with E-state index in [1.165, 1.54) is 7.11 Å². The highest BCUT2D eigenvalue weighted by Gasteiger charge is 2.46. The molecule has 6 heteroatoms. The topological polar surface area (TPSA) is 77.4 Å². The van der Waals surface area contributed by atoms with Gasteiger partial charge in [-0.1, -0.05) is 68.4 Å². The molecule has 180 valence electrons. The van der Waals surface area contributed by atoms with Gasteiger partial charge in [0.2, 0.25) is 0 Å². The van der Waals surface area contributed by atoms with E-state index in [2.05, 4.69) is 13.8 Å². The lowest BCUT2D eigenvalue weighted by Crippen LogP contribution is -2.61. The zero-order valence-corrected chi connectivity index (χ0v) is 19.7. The average molecular weight is 465 g/mol. The summed E-state index contributed by atoms with van der Waals surface area (Å²) in [5.74, 6) is 1.56. The van der Waals surface area contributed by atoms with Crippen LogP contribution in [0.15, 0.2) is 78.9 Å². The van der Waals surface area contributed by atoms with Crippen LogP contribution in [0.5, 0.6) is 11.5 Å². The monoisotopic (exact) mass is 464 g/mol. The van der Waals surface area contributed by atoms with Crippen LogP contribution in [0.25, 0.3) is 11.1 Å². The van der Waals surface area contributed by atoms with E-state index in [9.17, 15) is 10.2 Å². The lowest BCUT2D eigenvalue weighted by atomic mass is 9.98. The Hall–Kier alpha value is -2.90. The molecule has 0 aliphatic carbocycles. The van der Waals surface area contributed by atoms with Crippen LogP contribution in [0.3, 0.4) is 0 Å². The molecule has 0 saturated carbocycles. The van der Waals surface area contributed by atoms with Gasteiger partial charge in [0.15, 0.2) is 12.4 Å². The van der Waals surface area contributed by atoms with Gasteiger partial charge in [-0.3, -0.25) is 0 Å². The number of aliphatic hydroxyl groups excluding tert-OH is 2. The third-order valence-electron chi connectivity index (χ3n) is 6.05. The van der Waals surface area contributed by atoms with Gasteiger partial charge in [-0.2, -0.15) is 0 Å². The normalized spacial score (nSPS) is 24.7. The molecule has 1 aliphatic heterocycles. The number of rotatable bonds is 8. The summed E-state index contributed by atoms with van der Waals surface area (Å²) in [6, 6.07) is 25.4. The van der Waals surface area contributed by atoms with Gasteiger partial charge in [-0.05, 0) is 46.9 Å². The first-order valence-corrected chi connectivity index (χ1v) is 11.6. The molecular formula is C28H32O6. The van der Waals surface area contributed by atoms with E-state index in [0.29, 0.717) is 17.4 Å². The lowest BCUT2D eigenvalue weighted by Gasteiger charge is -2.41. The summed E-state index contributed by atoms with van der Waals surface area (Å²) in [6.07, 6.45) is -4.95. The van der Waals surface area contributed by atoms with Gasteiger partial charge in [0.1, 0.15) is 36.4 Å². The summed E-state index contributed by atoms with van der Waals surface area (Å²) in [6.45, 7) is 4.25. The minimum Gasteiger partial charge on any atom is -0.491 e. The fourth-order valence-electron chi connectivity index (χ4n) is 4.01. The maximum atomic E-state index is 10.8. The van der Waals surface area contributed by atoms with E-state index in [1.54, 1.807) is 0 Å². The number of ether oxygens (including phenoxy) is 4. The molecule has 1 saturated heterocycles. The van der Waals surface area contributed by atoms with Crippen molar-refractivity contribution in [3.8, 4) is 22.6 Å². The summed E-state index contributed by atoms with van der Waals surface area (Å²) >= 11 is 0. The van der Waals surface area contributed by atoms with E-state index in [4.69, 9.17) is 18.9 Å². The van der Waals surface area contributed by atoms with E-state index in [0.717, 1.165) is 16.7 Å². The first-order valence-electron chi connectivity index (χ1n) is 11.6. The van der Waals surface area contributed by atoms with Crippen LogP contribution in [0.2, 0.25) is 0 Å². The molecule has 3 aromatic rings. The maximum Gasteiger partial charge on any atom is 0.197 e. The van der Waals surface area contributed by atoms with Crippen molar-refractivity contribution in [1.29, 1.82) is 0 Å². The second kappa shape index (κ2) is 11.0. The van der Waals surface area contributed by atoms with E-state index in [1.807, 2.05) is 78.9 Å². The maximum absolute atomic E-state index is 10.8. The third kappa shape index (κ3) is 5.59. The van der Waals surface area contributed by atoms with Crippen LogP contribution < -0.4 is 9.47 Å². The van der Waals surface area contributed by atoms with Crippen LogP contribution >= 0.6 is 0 Å². The number of hydrogen-bond acceptors (Lipinski definition) is 6. The van der Waals surface area contributed by atoms with Crippen LogP contribution in [-0.2, 0) is 9.47 Å². The first kappa shape index (κ1) is 24.2. The second-order valence-corrected chi connectivity index (χ2v) is 8.77. The SMILES string of the molecule is CO[C@H]1O[C@H](COc2ccc(-c3ccccc3)cc2)[C@@H](O)[C@H](O)[C@H]1Oc1cccc(C(C)C)c1. The molecule has 0 amide bonds. The largest absolute Gasteiger partial charge is 0.491 e. The molecule has 1 heterocycles. The van der Waals surface area contributed by atoms with Crippen molar-refractivity contribution in [3.63, 3.8) is 0 Å². The van der Waals surface area contributed by atoms with Crippen molar-refractivity contribution in [2.24, 2.45) is 0 Å². The van der Waals surface area contributed by atoms with Gasteiger partial charge in [0.25, 0.3) is 0 Å². The molecule has 0 unspecified atom stereocenters. The zero-order valence-electron chi connectivity index (χ0n) is 19.7. The van der Waals surface area contributed by atoms with Crippen LogP contribution in [0.1, 0.15) is 25.3 Å². The molecule has 6 nitrogen and oxygen atoms in total. The smallest absolute Gasteiger partial charge is 0.197 e. The Bertz CT molecular complexity index is 1030. The van der Waals surface area contributed by atoms with Crippen molar-refractivity contribution in [3.05, 3.63) is 84.4 Å². The molecule has 5 atom stereocenters. The Labute approximate surface area is 200 Å². The molecule has 0 spiro atoms. The minimum atomic E-state index is -1.21. The predicted molar refractivity (Wildman–Crippen MR) is 130 cm³/mol. The molecule has 0 radical (unpaired) electrons. The van der Waals surface area contributed by atoms with Crippen molar-refractivity contribution in [2.75, 3.05) is 13.7 Å². The Balaban J connectivity index is 1.39. The highest BCUT2D eigenvalue weighted by Crippen LogP contribution is 2.29. The Kier molecular flexibility index (Phi) is 7.85. The number of aliphatic hydroxyl groups is 2. The molecule has 34 heavy (non-hydrogen) atoms. The molecular weight excluding hydrogens is 432 g/mol. The van der Waals surface area contributed by atoms with Crippen LogP contribution in [0.4, 0.5) is 0 Å². The predicted octanol–water partition coefficient (Wildman–Crippen LogP) is 4.40. The summed E-state index contributed by atoms with van der Waals surface area (Å²) in [4.78, 5) is 0. The Morgan fingerprint density at radius 3 is 2.21 bits per heavy atom. The molecule has 0 bridgehead atoms. The summed E-state index contributed by atoms with van der Waals surface area (Å²) in [5, 5.41) is 21.5. The van der Waals surface area contributed by atoms with Gasteiger partial charge in [0.05, 0.1) is 0 Å². The van der Waals surface area contributed by atoms with Crippen LogP contribution in [0, 0.1) is 0 Å². The van der Waals surface area contributed by atoms with E-state index < -0.39 is 30.7 Å².